The average Bonchev–Trinajstić information content (AvgIpc) is 3.16. The first-order chi connectivity index (χ1) is 15.3. The van der Waals surface area contributed by atoms with Crippen molar-refractivity contribution in [1.29, 1.82) is 0 Å². The van der Waals surface area contributed by atoms with Gasteiger partial charge in [-0.1, -0.05) is 72.3 Å². The van der Waals surface area contributed by atoms with E-state index < -0.39 is 0 Å². The Balaban J connectivity index is 1.37. The van der Waals surface area contributed by atoms with Crippen molar-refractivity contribution in [1.82, 2.24) is 9.55 Å². The molecule has 0 aliphatic heterocycles. The number of benzene rings is 4. The second-order valence-corrected chi connectivity index (χ2v) is 7.62. The normalized spacial score (nSPS) is 11.1. The van der Waals surface area contributed by atoms with Gasteiger partial charge < -0.3 is 14.0 Å². The van der Waals surface area contributed by atoms with Gasteiger partial charge in [0, 0.05) is 5.39 Å². The van der Waals surface area contributed by atoms with Crippen LogP contribution >= 0.6 is 11.6 Å². The smallest absolute Gasteiger partial charge is 0.148 e. The summed E-state index contributed by atoms with van der Waals surface area (Å²) >= 11 is 6.24. The van der Waals surface area contributed by atoms with Gasteiger partial charge in [0.1, 0.15) is 30.5 Å². The number of aromatic nitrogens is 2. The van der Waals surface area contributed by atoms with Crippen LogP contribution in [-0.4, -0.2) is 16.2 Å². The van der Waals surface area contributed by atoms with Crippen LogP contribution in [0.15, 0.2) is 91.0 Å². The second kappa shape index (κ2) is 8.70. The highest BCUT2D eigenvalue weighted by atomic mass is 35.5. The third kappa shape index (κ3) is 4.07. The molecule has 5 rings (SSSR count). The molecule has 0 unspecified atom stereocenters. The SMILES string of the molecule is Clc1ccccc1OCc1nc2ccccc2n1CCOc1cccc2ccccc12. The molecule has 4 nitrogen and oxygen atoms in total. The maximum absolute atomic E-state index is 6.24. The molecule has 0 N–H and O–H groups in total. The summed E-state index contributed by atoms with van der Waals surface area (Å²) in [6.45, 7) is 1.51. The van der Waals surface area contributed by atoms with E-state index in [2.05, 4.69) is 28.8 Å². The number of hydrogen-bond donors (Lipinski definition) is 0. The molecular formula is C26H21ClN2O2. The Morgan fingerprint density at radius 1 is 0.742 bits per heavy atom. The van der Waals surface area contributed by atoms with Crippen LogP contribution in [0.5, 0.6) is 11.5 Å². The Hall–Kier alpha value is -3.50. The molecular weight excluding hydrogens is 408 g/mol. The molecule has 1 heterocycles. The molecule has 0 aliphatic carbocycles. The maximum atomic E-state index is 6.24. The molecule has 4 aromatic carbocycles. The second-order valence-electron chi connectivity index (χ2n) is 7.21. The number of fused-ring (bicyclic) bond motifs is 2. The monoisotopic (exact) mass is 428 g/mol. The molecule has 0 amide bonds. The molecule has 0 saturated heterocycles. The summed E-state index contributed by atoms with van der Waals surface area (Å²) in [5.41, 5.74) is 1.99. The van der Waals surface area contributed by atoms with Gasteiger partial charge in [-0.15, -0.1) is 0 Å². The third-order valence-electron chi connectivity index (χ3n) is 5.25. The maximum Gasteiger partial charge on any atom is 0.148 e. The number of hydrogen-bond acceptors (Lipinski definition) is 3. The fourth-order valence-electron chi connectivity index (χ4n) is 3.76. The quantitative estimate of drug-likeness (QED) is 0.297. The summed E-state index contributed by atoms with van der Waals surface area (Å²) in [5.74, 6) is 2.37. The van der Waals surface area contributed by atoms with Crippen molar-refractivity contribution in [2.45, 2.75) is 13.2 Å². The first kappa shape index (κ1) is 19.5. The lowest BCUT2D eigenvalue weighted by molar-refractivity contribution is 0.273. The minimum absolute atomic E-state index is 0.326. The zero-order valence-electron chi connectivity index (χ0n) is 16.9. The van der Waals surface area contributed by atoms with E-state index in [-0.39, 0.29) is 0 Å². The van der Waals surface area contributed by atoms with Gasteiger partial charge in [0.05, 0.1) is 22.6 Å². The Labute approximate surface area is 185 Å². The van der Waals surface area contributed by atoms with Crippen molar-refractivity contribution in [3.05, 3.63) is 102 Å². The lowest BCUT2D eigenvalue weighted by Crippen LogP contribution is -2.13. The van der Waals surface area contributed by atoms with Gasteiger partial charge >= 0.3 is 0 Å². The minimum atomic E-state index is 0.326. The summed E-state index contributed by atoms with van der Waals surface area (Å²) in [6.07, 6.45) is 0. The van der Waals surface area contributed by atoms with Gasteiger partial charge in [-0.25, -0.2) is 4.98 Å². The Morgan fingerprint density at radius 3 is 2.42 bits per heavy atom. The van der Waals surface area contributed by atoms with E-state index in [0.29, 0.717) is 30.5 Å². The molecule has 31 heavy (non-hydrogen) atoms. The molecule has 0 aliphatic rings. The molecule has 154 valence electrons. The van der Waals surface area contributed by atoms with Crippen LogP contribution in [0.1, 0.15) is 5.82 Å². The van der Waals surface area contributed by atoms with Crippen molar-refractivity contribution < 1.29 is 9.47 Å². The highest BCUT2D eigenvalue weighted by Gasteiger charge is 2.12. The van der Waals surface area contributed by atoms with Crippen LogP contribution in [-0.2, 0) is 13.2 Å². The molecule has 0 radical (unpaired) electrons. The molecule has 5 heteroatoms. The van der Waals surface area contributed by atoms with E-state index in [1.54, 1.807) is 0 Å². The lowest BCUT2D eigenvalue weighted by atomic mass is 10.1. The summed E-state index contributed by atoms with van der Waals surface area (Å²) in [6, 6.07) is 29.9. The highest BCUT2D eigenvalue weighted by molar-refractivity contribution is 6.32. The van der Waals surface area contributed by atoms with Crippen LogP contribution in [0.3, 0.4) is 0 Å². The van der Waals surface area contributed by atoms with Crippen LogP contribution in [0.4, 0.5) is 0 Å². The van der Waals surface area contributed by atoms with Crippen molar-refractivity contribution in [2.75, 3.05) is 6.61 Å². The topological polar surface area (TPSA) is 36.3 Å². The predicted octanol–water partition coefficient (Wildman–Crippen LogP) is 6.50. The molecule has 0 fully saturated rings. The van der Waals surface area contributed by atoms with E-state index in [4.69, 9.17) is 26.1 Å². The van der Waals surface area contributed by atoms with Gasteiger partial charge in [0.25, 0.3) is 0 Å². The zero-order valence-corrected chi connectivity index (χ0v) is 17.6. The standard InChI is InChI=1S/C26H21ClN2O2/c27-21-11-3-6-14-25(21)31-18-26-28-22-12-4-5-13-23(22)29(26)16-17-30-24-15-7-9-19-8-1-2-10-20(19)24/h1-15H,16-18H2. The predicted molar refractivity (Wildman–Crippen MR) is 125 cm³/mol. The van der Waals surface area contributed by atoms with Crippen LogP contribution in [0.2, 0.25) is 5.02 Å². The van der Waals surface area contributed by atoms with E-state index in [1.807, 2.05) is 66.7 Å². The number of ether oxygens (including phenoxy) is 2. The fourth-order valence-corrected chi connectivity index (χ4v) is 3.95. The van der Waals surface area contributed by atoms with E-state index >= 15 is 0 Å². The van der Waals surface area contributed by atoms with Gasteiger partial charge in [0.2, 0.25) is 0 Å². The van der Waals surface area contributed by atoms with Crippen molar-refractivity contribution in [3.63, 3.8) is 0 Å². The molecule has 0 bridgehead atoms. The van der Waals surface area contributed by atoms with Crippen LogP contribution in [0.25, 0.3) is 21.8 Å². The van der Waals surface area contributed by atoms with E-state index in [9.17, 15) is 0 Å². The Morgan fingerprint density at radius 2 is 1.48 bits per heavy atom. The molecule has 0 spiro atoms. The lowest BCUT2D eigenvalue weighted by Gasteiger charge is -2.13. The summed E-state index contributed by atoms with van der Waals surface area (Å²) in [4.78, 5) is 4.77. The van der Waals surface area contributed by atoms with Crippen molar-refractivity contribution >= 4 is 33.4 Å². The zero-order chi connectivity index (χ0) is 21.0. The fraction of sp³-hybridized carbons (Fsp3) is 0.115. The molecule has 5 aromatic rings. The van der Waals surface area contributed by atoms with Crippen molar-refractivity contribution in [3.8, 4) is 11.5 Å². The third-order valence-corrected chi connectivity index (χ3v) is 5.56. The number of para-hydroxylation sites is 3. The van der Waals surface area contributed by atoms with E-state index in [0.717, 1.165) is 28.0 Å². The first-order valence-electron chi connectivity index (χ1n) is 10.2. The van der Waals surface area contributed by atoms with Gasteiger partial charge in [-0.3, -0.25) is 0 Å². The van der Waals surface area contributed by atoms with Gasteiger partial charge in [-0.2, -0.15) is 0 Å². The first-order valence-corrected chi connectivity index (χ1v) is 10.6. The number of halogens is 1. The highest BCUT2D eigenvalue weighted by Crippen LogP contribution is 2.26. The Bertz CT molecular complexity index is 1340. The molecule has 0 atom stereocenters. The number of nitrogens with zero attached hydrogens (tertiary/aromatic N) is 2. The molecule has 1 aromatic heterocycles. The number of imidazole rings is 1. The van der Waals surface area contributed by atoms with Crippen molar-refractivity contribution in [2.24, 2.45) is 0 Å². The van der Waals surface area contributed by atoms with Gasteiger partial charge in [-0.05, 0) is 35.7 Å². The van der Waals surface area contributed by atoms with E-state index in [1.165, 1.54) is 5.39 Å². The number of rotatable bonds is 7. The van der Waals surface area contributed by atoms with Gasteiger partial charge in [0.15, 0.2) is 0 Å². The summed E-state index contributed by atoms with van der Waals surface area (Å²) in [7, 11) is 0. The summed E-state index contributed by atoms with van der Waals surface area (Å²) < 4.78 is 14.3. The van der Waals surface area contributed by atoms with Crippen LogP contribution in [0, 0.1) is 0 Å². The van der Waals surface area contributed by atoms with Crippen LogP contribution < -0.4 is 9.47 Å². The Kier molecular flexibility index (Phi) is 5.46. The average molecular weight is 429 g/mol. The molecule has 0 saturated carbocycles. The minimum Gasteiger partial charge on any atom is -0.491 e. The summed E-state index contributed by atoms with van der Waals surface area (Å²) in [5, 5.41) is 2.87. The largest absolute Gasteiger partial charge is 0.491 e.